The summed E-state index contributed by atoms with van der Waals surface area (Å²) in [4.78, 5) is 30.0. The lowest BCUT2D eigenvalue weighted by Crippen LogP contribution is -2.49. The zero-order valence-corrected chi connectivity index (χ0v) is 18.6. The number of hydrogen-bond acceptors (Lipinski definition) is 5. The molecule has 1 saturated heterocycles. The zero-order chi connectivity index (χ0) is 22.4. The maximum atomic E-state index is 13.1. The van der Waals surface area contributed by atoms with Crippen LogP contribution in [0.25, 0.3) is 21.9 Å². The third-order valence-corrected chi connectivity index (χ3v) is 6.55. The van der Waals surface area contributed by atoms with E-state index in [1.165, 1.54) is 5.69 Å². The third-order valence-electron chi connectivity index (χ3n) is 6.55. The molecule has 0 N–H and O–H groups in total. The van der Waals surface area contributed by atoms with E-state index in [1.54, 1.807) is 6.26 Å². The number of carbonyl (C=O) groups excluding carboxylic acids is 1. The lowest BCUT2D eigenvalue weighted by Gasteiger charge is -2.36. The standard InChI is InChI=1S/C26H26N2O4/c1-16-13-21-24(25-23(16)17(2)15-31-25)18(3)20(26(30)32-21)14-22(29)28-11-9-27(10-12-28)19-7-5-4-6-8-19/h4-8,13,15H,9-12,14H2,1-3H3. The second-order valence-corrected chi connectivity index (χ2v) is 8.56. The Hall–Kier alpha value is -3.54. The Morgan fingerprint density at radius 3 is 2.41 bits per heavy atom. The Labute approximate surface area is 186 Å². The summed E-state index contributed by atoms with van der Waals surface area (Å²) in [6.45, 7) is 8.66. The fourth-order valence-corrected chi connectivity index (χ4v) is 4.79. The molecule has 3 heterocycles. The van der Waals surface area contributed by atoms with Crippen LogP contribution in [0.15, 0.2) is 56.3 Å². The molecule has 0 radical (unpaired) electrons. The molecule has 6 nitrogen and oxygen atoms in total. The predicted octanol–water partition coefficient (Wildman–Crippen LogP) is 4.36. The molecule has 2 aromatic carbocycles. The molecule has 1 aliphatic heterocycles. The molecule has 32 heavy (non-hydrogen) atoms. The molecule has 4 aromatic rings. The summed E-state index contributed by atoms with van der Waals surface area (Å²) < 4.78 is 11.5. The minimum absolute atomic E-state index is 0.0322. The SMILES string of the molecule is Cc1coc2c1c(C)cc1oc(=O)c(CC(=O)N3CCN(c4ccccc4)CC3)c(C)c12. The number of nitrogens with zero attached hydrogens (tertiary/aromatic N) is 2. The van der Waals surface area contributed by atoms with Gasteiger partial charge in [-0.25, -0.2) is 4.79 Å². The van der Waals surface area contributed by atoms with Crippen molar-refractivity contribution in [2.24, 2.45) is 0 Å². The molecule has 6 heteroatoms. The number of amides is 1. The first-order chi connectivity index (χ1) is 15.4. The number of fused-ring (bicyclic) bond motifs is 3. The van der Waals surface area contributed by atoms with Gasteiger partial charge in [0.1, 0.15) is 11.2 Å². The lowest BCUT2D eigenvalue weighted by atomic mass is 9.98. The number of furan rings is 1. The fraction of sp³-hybridized carbons (Fsp3) is 0.308. The maximum Gasteiger partial charge on any atom is 0.340 e. The molecule has 0 bridgehead atoms. The maximum absolute atomic E-state index is 13.1. The van der Waals surface area contributed by atoms with E-state index in [2.05, 4.69) is 17.0 Å². The van der Waals surface area contributed by atoms with Gasteiger partial charge in [0.25, 0.3) is 0 Å². The van der Waals surface area contributed by atoms with Gasteiger partial charge < -0.3 is 18.6 Å². The summed E-state index contributed by atoms with van der Waals surface area (Å²) in [6.07, 6.45) is 1.75. The highest BCUT2D eigenvalue weighted by Crippen LogP contribution is 2.34. The minimum atomic E-state index is -0.451. The van der Waals surface area contributed by atoms with Crippen LogP contribution in [0, 0.1) is 20.8 Å². The topological polar surface area (TPSA) is 66.9 Å². The van der Waals surface area contributed by atoms with Gasteiger partial charge >= 0.3 is 5.63 Å². The number of aryl methyl sites for hydroxylation is 3. The van der Waals surface area contributed by atoms with E-state index in [0.29, 0.717) is 29.8 Å². The number of rotatable bonds is 3. The van der Waals surface area contributed by atoms with Crippen molar-refractivity contribution in [2.75, 3.05) is 31.1 Å². The van der Waals surface area contributed by atoms with Gasteiger partial charge in [-0.1, -0.05) is 18.2 Å². The lowest BCUT2D eigenvalue weighted by molar-refractivity contribution is -0.130. The Balaban J connectivity index is 1.42. The molecule has 0 spiro atoms. The normalized spacial score (nSPS) is 14.5. The highest BCUT2D eigenvalue weighted by molar-refractivity contribution is 6.07. The molecule has 164 valence electrons. The van der Waals surface area contributed by atoms with Crippen LogP contribution in [-0.2, 0) is 11.2 Å². The molecule has 0 saturated carbocycles. The molecule has 1 amide bonds. The molecule has 2 aromatic heterocycles. The van der Waals surface area contributed by atoms with Crippen LogP contribution in [0.4, 0.5) is 5.69 Å². The van der Waals surface area contributed by atoms with Crippen molar-refractivity contribution in [1.29, 1.82) is 0 Å². The summed E-state index contributed by atoms with van der Waals surface area (Å²) in [5, 5.41) is 1.80. The monoisotopic (exact) mass is 430 g/mol. The van der Waals surface area contributed by atoms with Gasteiger partial charge in [0.05, 0.1) is 23.6 Å². The fourth-order valence-electron chi connectivity index (χ4n) is 4.79. The molecular formula is C26H26N2O4. The molecule has 0 atom stereocenters. The van der Waals surface area contributed by atoms with Gasteiger partial charge in [-0.15, -0.1) is 0 Å². The molecule has 1 aliphatic rings. The van der Waals surface area contributed by atoms with Crippen molar-refractivity contribution in [3.8, 4) is 0 Å². The number of hydrogen-bond donors (Lipinski definition) is 0. The van der Waals surface area contributed by atoms with E-state index >= 15 is 0 Å². The van der Waals surface area contributed by atoms with Crippen LogP contribution in [0.2, 0.25) is 0 Å². The van der Waals surface area contributed by atoms with Crippen LogP contribution >= 0.6 is 0 Å². The molecule has 0 aliphatic carbocycles. The van der Waals surface area contributed by atoms with Gasteiger partial charge in [0, 0.05) is 37.3 Å². The van der Waals surface area contributed by atoms with Crippen molar-refractivity contribution in [2.45, 2.75) is 27.2 Å². The van der Waals surface area contributed by atoms with Gasteiger partial charge in [-0.2, -0.15) is 0 Å². The Bertz CT molecular complexity index is 1380. The molecule has 0 unspecified atom stereocenters. The molecular weight excluding hydrogens is 404 g/mol. The van der Waals surface area contributed by atoms with Crippen LogP contribution in [0.5, 0.6) is 0 Å². The van der Waals surface area contributed by atoms with Crippen LogP contribution < -0.4 is 10.5 Å². The Morgan fingerprint density at radius 1 is 0.969 bits per heavy atom. The second kappa shape index (κ2) is 7.86. The van der Waals surface area contributed by atoms with Crippen LogP contribution in [0.3, 0.4) is 0 Å². The van der Waals surface area contributed by atoms with E-state index in [-0.39, 0.29) is 12.3 Å². The second-order valence-electron chi connectivity index (χ2n) is 8.56. The van der Waals surface area contributed by atoms with Crippen molar-refractivity contribution in [3.63, 3.8) is 0 Å². The first kappa shape index (κ1) is 20.4. The minimum Gasteiger partial charge on any atom is -0.463 e. The van der Waals surface area contributed by atoms with Gasteiger partial charge in [-0.3, -0.25) is 4.79 Å². The summed E-state index contributed by atoms with van der Waals surface area (Å²) in [5.74, 6) is -0.0496. The number of anilines is 1. The van der Waals surface area contributed by atoms with Gasteiger partial charge in [0.2, 0.25) is 5.91 Å². The van der Waals surface area contributed by atoms with E-state index in [9.17, 15) is 9.59 Å². The van der Waals surface area contributed by atoms with E-state index < -0.39 is 5.63 Å². The van der Waals surface area contributed by atoms with Crippen molar-refractivity contribution in [1.82, 2.24) is 4.90 Å². The van der Waals surface area contributed by atoms with Crippen molar-refractivity contribution < 1.29 is 13.6 Å². The van der Waals surface area contributed by atoms with Gasteiger partial charge in [-0.05, 0) is 55.7 Å². The van der Waals surface area contributed by atoms with Crippen LogP contribution in [-0.4, -0.2) is 37.0 Å². The zero-order valence-electron chi connectivity index (χ0n) is 18.6. The van der Waals surface area contributed by atoms with E-state index in [4.69, 9.17) is 8.83 Å². The highest BCUT2D eigenvalue weighted by Gasteiger charge is 2.25. The summed E-state index contributed by atoms with van der Waals surface area (Å²) in [6, 6.07) is 12.1. The van der Waals surface area contributed by atoms with Crippen molar-refractivity contribution in [3.05, 3.63) is 75.3 Å². The first-order valence-electron chi connectivity index (χ1n) is 11.0. The number of para-hydroxylation sites is 1. The van der Waals surface area contributed by atoms with Crippen LogP contribution in [0.1, 0.15) is 22.3 Å². The van der Waals surface area contributed by atoms with E-state index in [1.807, 2.05) is 49.9 Å². The quantitative estimate of drug-likeness (QED) is 0.452. The average molecular weight is 431 g/mol. The number of carbonyl (C=O) groups is 1. The first-order valence-corrected chi connectivity index (χ1v) is 11.0. The number of benzene rings is 2. The predicted molar refractivity (Wildman–Crippen MR) is 125 cm³/mol. The largest absolute Gasteiger partial charge is 0.463 e. The Kier molecular flexibility index (Phi) is 5.00. The van der Waals surface area contributed by atoms with E-state index in [0.717, 1.165) is 40.6 Å². The van der Waals surface area contributed by atoms with Crippen molar-refractivity contribution >= 4 is 33.5 Å². The Morgan fingerprint density at radius 2 is 1.69 bits per heavy atom. The number of piperazine rings is 1. The summed E-state index contributed by atoms with van der Waals surface area (Å²) >= 11 is 0. The van der Waals surface area contributed by atoms with Gasteiger partial charge in [0.15, 0.2) is 0 Å². The third kappa shape index (κ3) is 3.36. The highest BCUT2D eigenvalue weighted by atomic mass is 16.4. The molecule has 5 rings (SSSR count). The average Bonchev–Trinajstić information content (AvgIpc) is 3.19. The smallest absolute Gasteiger partial charge is 0.340 e. The summed E-state index contributed by atoms with van der Waals surface area (Å²) in [7, 11) is 0. The molecule has 1 fully saturated rings. The summed E-state index contributed by atoms with van der Waals surface area (Å²) in [5.41, 5.74) is 5.13.